The SMILES string of the molecule is C=C(c1ccc([Si](OC)(OC)OC)cc1)[SiH](C)C. The van der Waals surface area contributed by atoms with Crippen molar-refractivity contribution in [1.29, 1.82) is 0 Å². The first-order valence-electron chi connectivity index (χ1n) is 5.96. The second kappa shape index (κ2) is 6.44. The average molecular weight is 282 g/mol. The van der Waals surface area contributed by atoms with Crippen LogP contribution in [-0.2, 0) is 13.3 Å². The molecule has 18 heavy (non-hydrogen) atoms. The topological polar surface area (TPSA) is 27.7 Å². The Kier molecular flexibility index (Phi) is 5.49. The molecule has 0 N–H and O–H groups in total. The summed E-state index contributed by atoms with van der Waals surface area (Å²) in [7, 11) is 1.31. The van der Waals surface area contributed by atoms with Gasteiger partial charge in [0.05, 0.1) is 8.80 Å². The molecule has 0 aromatic heterocycles. The highest BCUT2D eigenvalue weighted by atomic mass is 28.4. The number of rotatable bonds is 6. The zero-order chi connectivity index (χ0) is 13.8. The number of hydrogen-bond donors (Lipinski definition) is 0. The van der Waals surface area contributed by atoms with Crippen molar-refractivity contribution in [1.82, 2.24) is 0 Å². The van der Waals surface area contributed by atoms with Gasteiger partial charge in [0.25, 0.3) is 0 Å². The molecular weight excluding hydrogens is 260 g/mol. The standard InChI is InChI=1S/C13H22O3Si2/c1-11(17(5)6)12-7-9-13(10-8-12)18(14-2,15-3)16-4/h7-10,17H,1H2,2-6H3. The Morgan fingerprint density at radius 3 is 1.78 bits per heavy atom. The molecule has 0 aliphatic carbocycles. The predicted octanol–water partition coefficient (Wildman–Crippen LogP) is 1.81. The smallest absolute Gasteiger partial charge is 0.373 e. The van der Waals surface area contributed by atoms with Crippen LogP contribution in [0.2, 0.25) is 13.1 Å². The molecular formula is C13H22O3Si2. The quantitative estimate of drug-likeness (QED) is 0.745. The fourth-order valence-corrected chi connectivity index (χ4v) is 4.47. The molecule has 0 aliphatic rings. The monoisotopic (exact) mass is 282 g/mol. The molecule has 1 aromatic carbocycles. The van der Waals surface area contributed by atoms with Gasteiger partial charge in [-0.25, -0.2) is 0 Å². The van der Waals surface area contributed by atoms with E-state index < -0.39 is 17.6 Å². The zero-order valence-electron chi connectivity index (χ0n) is 11.8. The second-order valence-corrected chi connectivity index (χ2v) is 10.3. The van der Waals surface area contributed by atoms with Gasteiger partial charge in [-0.2, -0.15) is 0 Å². The summed E-state index contributed by atoms with van der Waals surface area (Å²) in [5.74, 6) is 0. The third kappa shape index (κ3) is 2.99. The van der Waals surface area contributed by atoms with E-state index in [0.29, 0.717) is 0 Å². The molecule has 3 nitrogen and oxygen atoms in total. The van der Waals surface area contributed by atoms with Crippen molar-refractivity contribution in [2.24, 2.45) is 0 Å². The van der Waals surface area contributed by atoms with Crippen molar-refractivity contribution in [2.75, 3.05) is 21.3 Å². The molecule has 1 rings (SSSR count). The molecule has 0 fully saturated rings. The van der Waals surface area contributed by atoms with Crippen molar-refractivity contribution in [2.45, 2.75) is 13.1 Å². The summed E-state index contributed by atoms with van der Waals surface area (Å²) in [6, 6.07) is 8.17. The van der Waals surface area contributed by atoms with E-state index in [1.807, 2.05) is 12.1 Å². The van der Waals surface area contributed by atoms with E-state index in [1.54, 1.807) is 21.3 Å². The van der Waals surface area contributed by atoms with Crippen molar-refractivity contribution in [3.63, 3.8) is 0 Å². The molecule has 0 heterocycles. The van der Waals surface area contributed by atoms with Gasteiger partial charge in [0, 0.05) is 26.5 Å². The predicted molar refractivity (Wildman–Crippen MR) is 80.8 cm³/mol. The first kappa shape index (κ1) is 15.3. The van der Waals surface area contributed by atoms with Crippen molar-refractivity contribution < 1.29 is 13.3 Å². The van der Waals surface area contributed by atoms with Gasteiger partial charge in [0.15, 0.2) is 0 Å². The average Bonchev–Trinajstić information content (AvgIpc) is 2.41. The summed E-state index contributed by atoms with van der Waals surface area (Å²) in [4.78, 5) is 0. The number of benzene rings is 1. The van der Waals surface area contributed by atoms with E-state index in [0.717, 1.165) is 5.19 Å². The molecule has 0 amide bonds. The Bertz CT molecular complexity index is 389. The highest BCUT2D eigenvalue weighted by Crippen LogP contribution is 2.16. The van der Waals surface area contributed by atoms with Crippen LogP contribution in [0.3, 0.4) is 0 Å². The molecule has 1 aromatic rings. The molecule has 0 spiro atoms. The fourth-order valence-electron chi connectivity index (χ4n) is 1.83. The molecule has 0 bridgehead atoms. The van der Waals surface area contributed by atoms with Crippen molar-refractivity contribution >= 4 is 28.0 Å². The lowest BCUT2D eigenvalue weighted by molar-refractivity contribution is 0.140. The van der Waals surface area contributed by atoms with Crippen LogP contribution in [0.4, 0.5) is 0 Å². The normalized spacial score (nSPS) is 11.9. The highest BCUT2D eigenvalue weighted by molar-refractivity contribution is 6.77. The summed E-state index contributed by atoms with van der Waals surface area (Å²) in [5.41, 5.74) is 1.20. The Morgan fingerprint density at radius 2 is 1.44 bits per heavy atom. The maximum atomic E-state index is 5.45. The Morgan fingerprint density at radius 1 is 1.00 bits per heavy atom. The maximum Gasteiger partial charge on any atom is 0.536 e. The molecule has 5 heteroatoms. The molecule has 0 atom stereocenters. The Balaban J connectivity index is 3.05. The van der Waals surface area contributed by atoms with Gasteiger partial charge < -0.3 is 13.3 Å². The van der Waals surface area contributed by atoms with Crippen LogP contribution in [0.15, 0.2) is 30.8 Å². The van der Waals surface area contributed by atoms with E-state index in [-0.39, 0.29) is 0 Å². The summed E-state index contributed by atoms with van der Waals surface area (Å²) in [6.07, 6.45) is 0. The van der Waals surface area contributed by atoms with Crippen LogP contribution in [-0.4, -0.2) is 38.9 Å². The summed E-state index contributed by atoms with van der Waals surface area (Å²) in [6.45, 7) is 8.70. The highest BCUT2D eigenvalue weighted by Gasteiger charge is 2.40. The molecule has 0 saturated heterocycles. The van der Waals surface area contributed by atoms with Crippen LogP contribution >= 0.6 is 0 Å². The van der Waals surface area contributed by atoms with E-state index >= 15 is 0 Å². The van der Waals surface area contributed by atoms with Gasteiger partial charge in [-0.3, -0.25) is 0 Å². The molecule has 0 radical (unpaired) electrons. The van der Waals surface area contributed by atoms with Gasteiger partial charge in [0.2, 0.25) is 0 Å². The second-order valence-electron chi connectivity index (χ2n) is 4.43. The van der Waals surface area contributed by atoms with Crippen LogP contribution in [0.5, 0.6) is 0 Å². The van der Waals surface area contributed by atoms with E-state index in [1.165, 1.54) is 10.8 Å². The number of hydrogen-bond acceptors (Lipinski definition) is 3. The van der Waals surface area contributed by atoms with Crippen molar-refractivity contribution in [3.05, 3.63) is 36.4 Å². The first-order chi connectivity index (χ1) is 8.50. The third-order valence-electron chi connectivity index (χ3n) is 3.11. The minimum absolute atomic E-state index is 0.848. The lowest BCUT2D eigenvalue weighted by atomic mass is 10.2. The van der Waals surface area contributed by atoms with E-state index in [4.69, 9.17) is 13.3 Å². The lowest BCUT2D eigenvalue weighted by Gasteiger charge is -2.24. The lowest BCUT2D eigenvalue weighted by Crippen LogP contribution is -2.54. The van der Waals surface area contributed by atoms with Crippen LogP contribution < -0.4 is 5.19 Å². The zero-order valence-corrected chi connectivity index (χ0v) is 14.0. The Labute approximate surface area is 112 Å². The first-order valence-corrected chi connectivity index (χ1v) is 10.6. The van der Waals surface area contributed by atoms with E-state index in [9.17, 15) is 0 Å². The Hall–Kier alpha value is -0.726. The molecule has 0 unspecified atom stereocenters. The van der Waals surface area contributed by atoms with Gasteiger partial charge in [0.1, 0.15) is 0 Å². The summed E-state index contributed by atoms with van der Waals surface area (Å²) >= 11 is 0. The van der Waals surface area contributed by atoms with Gasteiger partial charge in [-0.15, -0.1) is 0 Å². The van der Waals surface area contributed by atoms with Crippen LogP contribution in [0, 0.1) is 0 Å². The van der Waals surface area contributed by atoms with Gasteiger partial charge >= 0.3 is 8.80 Å². The summed E-state index contributed by atoms with van der Waals surface area (Å²) in [5, 5.41) is 2.23. The summed E-state index contributed by atoms with van der Waals surface area (Å²) < 4.78 is 16.4. The minimum Gasteiger partial charge on any atom is -0.373 e. The minimum atomic E-state index is -2.70. The van der Waals surface area contributed by atoms with Gasteiger partial charge in [-0.05, 0) is 5.56 Å². The third-order valence-corrected chi connectivity index (χ3v) is 7.49. The fraction of sp³-hybridized carbons (Fsp3) is 0.385. The van der Waals surface area contributed by atoms with E-state index in [2.05, 4.69) is 31.8 Å². The maximum absolute atomic E-state index is 5.45. The van der Waals surface area contributed by atoms with Gasteiger partial charge in [-0.1, -0.05) is 49.1 Å². The molecule has 0 saturated carbocycles. The van der Waals surface area contributed by atoms with Crippen LogP contribution in [0.1, 0.15) is 5.56 Å². The molecule has 0 aliphatic heterocycles. The molecule has 100 valence electrons. The van der Waals surface area contributed by atoms with Crippen molar-refractivity contribution in [3.8, 4) is 0 Å². The van der Waals surface area contributed by atoms with Crippen LogP contribution in [0.25, 0.3) is 5.20 Å². The largest absolute Gasteiger partial charge is 0.536 e.